The molecule has 0 aliphatic heterocycles. The van der Waals surface area contributed by atoms with E-state index >= 15 is 0 Å². The summed E-state index contributed by atoms with van der Waals surface area (Å²) in [5.41, 5.74) is 1.75. The summed E-state index contributed by atoms with van der Waals surface area (Å²) in [5.74, 6) is 0.0694. The third-order valence-corrected chi connectivity index (χ3v) is 4.15. The third kappa shape index (κ3) is 4.09. The first-order chi connectivity index (χ1) is 10.3. The van der Waals surface area contributed by atoms with Crippen LogP contribution in [0.25, 0.3) is 0 Å². The number of hydrogen-bond donors (Lipinski definition) is 0. The Morgan fingerprint density at radius 3 is 1.27 bits per heavy atom. The van der Waals surface area contributed by atoms with Gasteiger partial charge in [0, 0.05) is 37.3 Å². The molecular formula is C18H28N2O2. The van der Waals surface area contributed by atoms with Gasteiger partial charge in [0.05, 0.1) is 0 Å². The molecule has 0 unspecified atom stereocenters. The van der Waals surface area contributed by atoms with Gasteiger partial charge in [0.25, 0.3) is 0 Å². The molecule has 0 aromatic heterocycles. The van der Waals surface area contributed by atoms with Crippen LogP contribution in [-0.2, 0) is 9.59 Å². The number of anilines is 2. The zero-order valence-electron chi connectivity index (χ0n) is 14.6. The van der Waals surface area contributed by atoms with Gasteiger partial charge in [-0.2, -0.15) is 0 Å². The van der Waals surface area contributed by atoms with Crippen molar-refractivity contribution in [3.8, 4) is 0 Å². The van der Waals surface area contributed by atoms with Gasteiger partial charge in [-0.3, -0.25) is 9.59 Å². The van der Waals surface area contributed by atoms with Gasteiger partial charge in [-0.05, 0) is 51.0 Å². The van der Waals surface area contributed by atoms with Crippen LogP contribution in [0.3, 0.4) is 0 Å². The summed E-state index contributed by atoms with van der Waals surface area (Å²) < 4.78 is 0. The molecule has 0 N–H and O–H groups in total. The standard InChI is InChI=1S/C18H28N2O2/c1-7-13(3)19(15(5)21)17-9-11-18(12-10-17)20(16(6)22)14(4)8-2/h9-14H,7-8H2,1-6H3/t13-,14+. The highest BCUT2D eigenvalue weighted by Crippen LogP contribution is 2.25. The molecule has 0 spiro atoms. The van der Waals surface area contributed by atoms with E-state index in [1.165, 1.54) is 0 Å². The second-order valence-electron chi connectivity index (χ2n) is 5.81. The minimum absolute atomic E-state index is 0.0347. The number of carbonyl (C=O) groups excluding carboxylic acids is 2. The Balaban J connectivity index is 3.11. The highest BCUT2D eigenvalue weighted by atomic mass is 16.2. The van der Waals surface area contributed by atoms with E-state index in [1.54, 1.807) is 23.6 Å². The van der Waals surface area contributed by atoms with Crippen molar-refractivity contribution in [2.45, 2.75) is 66.5 Å². The number of rotatable bonds is 6. The zero-order valence-corrected chi connectivity index (χ0v) is 14.6. The van der Waals surface area contributed by atoms with Crippen LogP contribution in [0.1, 0.15) is 54.4 Å². The fourth-order valence-electron chi connectivity index (χ4n) is 2.63. The fourth-order valence-corrected chi connectivity index (χ4v) is 2.63. The molecule has 0 saturated carbocycles. The van der Waals surface area contributed by atoms with Crippen LogP contribution in [0.4, 0.5) is 11.4 Å². The normalized spacial score (nSPS) is 13.4. The van der Waals surface area contributed by atoms with Crippen molar-refractivity contribution in [3.63, 3.8) is 0 Å². The summed E-state index contributed by atoms with van der Waals surface area (Å²) in [6, 6.07) is 7.98. The molecule has 22 heavy (non-hydrogen) atoms. The van der Waals surface area contributed by atoms with Gasteiger partial charge in [0.15, 0.2) is 0 Å². The van der Waals surface area contributed by atoms with Crippen molar-refractivity contribution in [1.29, 1.82) is 0 Å². The van der Waals surface area contributed by atoms with E-state index in [-0.39, 0.29) is 23.9 Å². The second kappa shape index (κ2) is 7.97. The number of amides is 2. The second-order valence-corrected chi connectivity index (χ2v) is 5.81. The van der Waals surface area contributed by atoms with E-state index in [2.05, 4.69) is 13.8 Å². The van der Waals surface area contributed by atoms with Gasteiger partial charge in [-0.1, -0.05) is 13.8 Å². The van der Waals surface area contributed by atoms with Crippen LogP contribution in [0.2, 0.25) is 0 Å². The summed E-state index contributed by atoms with van der Waals surface area (Å²) in [5, 5.41) is 0. The SMILES string of the molecule is CC[C@@H](C)N(C(C)=O)c1ccc(N(C(C)=O)[C@@H](C)CC)cc1. The summed E-state index contributed by atoms with van der Waals surface area (Å²) >= 11 is 0. The summed E-state index contributed by atoms with van der Waals surface area (Å²) in [4.78, 5) is 27.4. The number of carbonyl (C=O) groups is 2. The molecule has 0 aliphatic rings. The Morgan fingerprint density at radius 1 is 0.818 bits per heavy atom. The van der Waals surface area contributed by atoms with E-state index in [1.807, 2.05) is 38.1 Å². The highest BCUT2D eigenvalue weighted by molar-refractivity contribution is 5.94. The first-order valence-electron chi connectivity index (χ1n) is 8.03. The average molecular weight is 304 g/mol. The molecule has 1 aromatic carbocycles. The van der Waals surface area contributed by atoms with Crippen LogP contribution in [-0.4, -0.2) is 23.9 Å². The molecule has 0 aliphatic carbocycles. The lowest BCUT2D eigenvalue weighted by molar-refractivity contribution is -0.117. The molecule has 122 valence electrons. The molecule has 1 rings (SSSR count). The minimum Gasteiger partial charge on any atom is -0.310 e. The maximum atomic E-state index is 11.9. The van der Waals surface area contributed by atoms with Crippen molar-refractivity contribution in [2.24, 2.45) is 0 Å². The number of nitrogens with zero attached hydrogens (tertiary/aromatic N) is 2. The Bertz CT molecular complexity index is 463. The Hall–Kier alpha value is -1.84. The largest absolute Gasteiger partial charge is 0.310 e. The van der Waals surface area contributed by atoms with Crippen molar-refractivity contribution in [3.05, 3.63) is 24.3 Å². The minimum atomic E-state index is 0.0347. The molecule has 4 nitrogen and oxygen atoms in total. The van der Waals surface area contributed by atoms with Gasteiger partial charge < -0.3 is 9.80 Å². The van der Waals surface area contributed by atoms with Gasteiger partial charge in [-0.15, -0.1) is 0 Å². The van der Waals surface area contributed by atoms with Gasteiger partial charge in [-0.25, -0.2) is 0 Å². The first kappa shape index (κ1) is 18.2. The number of hydrogen-bond acceptors (Lipinski definition) is 2. The van der Waals surface area contributed by atoms with Crippen LogP contribution >= 0.6 is 0 Å². The Morgan fingerprint density at radius 2 is 1.09 bits per heavy atom. The molecule has 0 heterocycles. The van der Waals surface area contributed by atoms with E-state index in [0.717, 1.165) is 24.2 Å². The quantitative estimate of drug-likeness (QED) is 0.797. The van der Waals surface area contributed by atoms with Crippen LogP contribution in [0.5, 0.6) is 0 Å². The lowest BCUT2D eigenvalue weighted by Crippen LogP contribution is -2.37. The molecule has 2 amide bonds. The highest BCUT2D eigenvalue weighted by Gasteiger charge is 2.20. The maximum Gasteiger partial charge on any atom is 0.224 e. The molecule has 0 saturated heterocycles. The number of benzene rings is 1. The van der Waals surface area contributed by atoms with E-state index in [4.69, 9.17) is 0 Å². The molecule has 0 bridgehead atoms. The van der Waals surface area contributed by atoms with Gasteiger partial charge in [0.2, 0.25) is 11.8 Å². The summed E-state index contributed by atoms with van der Waals surface area (Å²) in [6.07, 6.45) is 1.79. The predicted octanol–water partition coefficient (Wildman–Crippen LogP) is 3.99. The third-order valence-electron chi connectivity index (χ3n) is 4.15. The zero-order chi connectivity index (χ0) is 16.9. The monoisotopic (exact) mass is 304 g/mol. The molecule has 0 radical (unpaired) electrons. The van der Waals surface area contributed by atoms with Crippen molar-refractivity contribution >= 4 is 23.2 Å². The smallest absolute Gasteiger partial charge is 0.224 e. The molecular weight excluding hydrogens is 276 g/mol. The van der Waals surface area contributed by atoms with E-state index < -0.39 is 0 Å². The lowest BCUT2D eigenvalue weighted by atomic mass is 10.1. The molecule has 0 fully saturated rings. The summed E-state index contributed by atoms with van der Waals surface area (Å²) in [6.45, 7) is 11.4. The average Bonchev–Trinajstić information content (AvgIpc) is 2.48. The van der Waals surface area contributed by atoms with Gasteiger partial charge in [0.1, 0.15) is 0 Å². The van der Waals surface area contributed by atoms with Crippen LogP contribution in [0, 0.1) is 0 Å². The van der Waals surface area contributed by atoms with Crippen molar-refractivity contribution in [2.75, 3.05) is 9.80 Å². The predicted molar refractivity (Wildman–Crippen MR) is 92.3 cm³/mol. The van der Waals surface area contributed by atoms with Crippen LogP contribution < -0.4 is 9.80 Å². The molecule has 1 aromatic rings. The maximum absolute atomic E-state index is 11.9. The van der Waals surface area contributed by atoms with Crippen molar-refractivity contribution in [1.82, 2.24) is 0 Å². The van der Waals surface area contributed by atoms with Crippen molar-refractivity contribution < 1.29 is 9.59 Å². The van der Waals surface area contributed by atoms with E-state index in [0.29, 0.717) is 0 Å². The fraction of sp³-hybridized carbons (Fsp3) is 0.556. The Kier molecular flexibility index (Phi) is 6.60. The topological polar surface area (TPSA) is 40.6 Å². The van der Waals surface area contributed by atoms with Crippen LogP contribution in [0.15, 0.2) is 24.3 Å². The first-order valence-corrected chi connectivity index (χ1v) is 8.03. The Labute approximate surface area is 134 Å². The van der Waals surface area contributed by atoms with E-state index in [9.17, 15) is 9.59 Å². The lowest BCUT2D eigenvalue weighted by Gasteiger charge is -2.30. The van der Waals surface area contributed by atoms with Gasteiger partial charge >= 0.3 is 0 Å². The molecule has 2 atom stereocenters. The molecule has 4 heteroatoms. The summed E-state index contributed by atoms with van der Waals surface area (Å²) in [7, 11) is 0.